The molecule has 0 spiro atoms. The third kappa shape index (κ3) is 3.59. The van der Waals surface area contributed by atoms with E-state index in [1.807, 2.05) is 18.2 Å². The van der Waals surface area contributed by atoms with E-state index in [0.717, 1.165) is 37.0 Å². The van der Waals surface area contributed by atoms with Crippen LogP contribution in [-0.2, 0) is 6.54 Å². The number of rotatable bonds is 6. The van der Waals surface area contributed by atoms with E-state index in [-0.39, 0.29) is 0 Å². The van der Waals surface area contributed by atoms with Crippen LogP contribution in [0.25, 0.3) is 10.9 Å². The molecular formula is C16H21N3. The summed E-state index contributed by atoms with van der Waals surface area (Å²) in [7, 11) is 0. The highest BCUT2D eigenvalue weighted by molar-refractivity contribution is 5.81. The number of benzene rings is 1. The number of fused-ring (bicyclic) bond motifs is 1. The Labute approximate surface area is 114 Å². The van der Waals surface area contributed by atoms with Crippen molar-refractivity contribution in [1.82, 2.24) is 9.88 Å². The molecule has 3 heteroatoms. The molecule has 1 heterocycles. The van der Waals surface area contributed by atoms with Crippen LogP contribution in [0, 0.1) is 17.2 Å². The molecule has 0 aliphatic carbocycles. The highest BCUT2D eigenvalue weighted by atomic mass is 15.0. The molecule has 0 bridgehead atoms. The van der Waals surface area contributed by atoms with E-state index in [9.17, 15) is 0 Å². The van der Waals surface area contributed by atoms with Gasteiger partial charge in [-0.2, -0.15) is 5.26 Å². The van der Waals surface area contributed by atoms with E-state index >= 15 is 0 Å². The minimum atomic E-state index is 0.705. The second kappa shape index (κ2) is 6.40. The molecule has 1 aromatic carbocycles. The fourth-order valence-electron chi connectivity index (χ4n) is 2.23. The summed E-state index contributed by atoms with van der Waals surface area (Å²) >= 11 is 0. The number of nitrogens with one attached hydrogen (secondary N) is 1. The van der Waals surface area contributed by atoms with Crippen molar-refractivity contribution in [3.8, 4) is 6.07 Å². The van der Waals surface area contributed by atoms with E-state index in [1.165, 1.54) is 5.52 Å². The lowest BCUT2D eigenvalue weighted by Crippen LogP contribution is -2.21. The van der Waals surface area contributed by atoms with Gasteiger partial charge in [-0.3, -0.25) is 0 Å². The fraction of sp³-hybridized carbons (Fsp3) is 0.438. The monoisotopic (exact) mass is 255 g/mol. The Morgan fingerprint density at radius 2 is 2.16 bits per heavy atom. The summed E-state index contributed by atoms with van der Waals surface area (Å²) in [6.45, 7) is 7.59. The number of nitrogens with zero attached hydrogens (tertiary/aromatic N) is 2. The molecule has 19 heavy (non-hydrogen) atoms. The van der Waals surface area contributed by atoms with Crippen molar-refractivity contribution in [2.75, 3.05) is 13.1 Å². The molecule has 2 aromatic rings. The first kappa shape index (κ1) is 13.6. The lowest BCUT2D eigenvalue weighted by molar-refractivity contribution is 0.525. The highest BCUT2D eigenvalue weighted by Crippen LogP contribution is 2.17. The third-order valence-electron chi connectivity index (χ3n) is 3.21. The molecular weight excluding hydrogens is 234 g/mol. The zero-order valence-electron chi connectivity index (χ0n) is 11.7. The number of aromatic nitrogens is 1. The van der Waals surface area contributed by atoms with E-state index in [2.05, 4.69) is 42.1 Å². The van der Waals surface area contributed by atoms with Crippen molar-refractivity contribution in [1.29, 1.82) is 5.26 Å². The molecule has 1 aromatic heterocycles. The maximum atomic E-state index is 8.88. The predicted octanol–water partition coefficient (Wildman–Crippen LogP) is 3.15. The van der Waals surface area contributed by atoms with Gasteiger partial charge < -0.3 is 9.88 Å². The summed E-state index contributed by atoms with van der Waals surface area (Å²) in [6, 6.07) is 10.1. The second-order valence-corrected chi connectivity index (χ2v) is 5.35. The first-order valence-electron chi connectivity index (χ1n) is 6.90. The van der Waals surface area contributed by atoms with Gasteiger partial charge in [-0.15, -0.1) is 0 Å². The average molecular weight is 255 g/mol. The standard InChI is InChI=1S/C16H21N3/c1-13(2)12-18-7-3-8-19-9-6-15-10-14(11-17)4-5-16(15)19/h4-6,9-10,13,18H,3,7-8,12H2,1-2H3. The van der Waals surface area contributed by atoms with Gasteiger partial charge in [0.05, 0.1) is 11.6 Å². The number of hydrogen-bond acceptors (Lipinski definition) is 2. The van der Waals surface area contributed by atoms with Gasteiger partial charge in [-0.05, 0) is 49.7 Å². The van der Waals surface area contributed by atoms with Gasteiger partial charge in [0.25, 0.3) is 0 Å². The van der Waals surface area contributed by atoms with Gasteiger partial charge in [0.2, 0.25) is 0 Å². The van der Waals surface area contributed by atoms with Gasteiger partial charge in [0, 0.05) is 23.6 Å². The fourth-order valence-corrected chi connectivity index (χ4v) is 2.23. The summed E-state index contributed by atoms with van der Waals surface area (Å²) < 4.78 is 2.26. The summed E-state index contributed by atoms with van der Waals surface area (Å²) in [5.74, 6) is 0.705. The van der Waals surface area contributed by atoms with Crippen LogP contribution in [0.1, 0.15) is 25.8 Å². The smallest absolute Gasteiger partial charge is 0.0991 e. The molecule has 100 valence electrons. The summed E-state index contributed by atoms with van der Waals surface area (Å²) in [5.41, 5.74) is 1.94. The van der Waals surface area contributed by atoms with Crippen molar-refractivity contribution in [3.63, 3.8) is 0 Å². The molecule has 0 amide bonds. The van der Waals surface area contributed by atoms with Crippen LogP contribution < -0.4 is 5.32 Å². The average Bonchev–Trinajstić information content (AvgIpc) is 2.80. The van der Waals surface area contributed by atoms with Gasteiger partial charge >= 0.3 is 0 Å². The van der Waals surface area contributed by atoms with Crippen molar-refractivity contribution in [3.05, 3.63) is 36.0 Å². The number of aryl methyl sites for hydroxylation is 1. The second-order valence-electron chi connectivity index (χ2n) is 5.35. The largest absolute Gasteiger partial charge is 0.347 e. The lowest BCUT2D eigenvalue weighted by atomic mass is 10.2. The third-order valence-corrected chi connectivity index (χ3v) is 3.21. The first-order valence-corrected chi connectivity index (χ1v) is 6.90. The minimum absolute atomic E-state index is 0.705. The normalized spacial score (nSPS) is 11.1. The molecule has 0 radical (unpaired) electrons. The van der Waals surface area contributed by atoms with Crippen LogP contribution in [0.3, 0.4) is 0 Å². The van der Waals surface area contributed by atoms with Crippen molar-refractivity contribution in [2.24, 2.45) is 5.92 Å². The zero-order chi connectivity index (χ0) is 13.7. The Hall–Kier alpha value is -1.79. The minimum Gasteiger partial charge on any atom is -0.347 e. The summed E-state index contributed by atoms with van der Waals surface area (Å²) in [5, 5.41) is 13.5. The Morgan fingerprint density at radius 1 is 1.32 bits per heavy atom. The molecule has 2 rings (SSSR count). The molecule has 0 aliphatic heterocycles. The first-order chi connectivity index (χ1) is 9.20. The van der Waals surface area contributed by atoms with Crippen LogP contribution in [0.5, 0.6) is 0 Å². The number of hydrogen-bond donors (Lipinski definition) is 1. The van der Waals surface area contributed by atoms with Crippen molar-refractivity contribution >= 4 is 10.9 Å². The van der Waals surface area contributed by atoms with Crippen LogP contribution >= 0.6 is 0 Å². The highest BCUT2D eigenvalue weighted by Gasteiger charge is 2.02. The molecule has 3 nitrogen and oxygen atoms in total. The maximum Gasteiger partial charge on any atom is 0.0991 e. The predicted molar refractivity (Wildman–Crippen MR) is 79.0 cm³/mol. The van der Waals surface area contributed by atoms with Gasteiger partial charge in [-0.1, -0.05) is 13.8 Å². The zero-order valence-corrected chi connectivity index (χ0v) is 11.7. The Balaban J connectivity index is 1.93. The maximum absolute atomic E-state index is 8.88. The van der Waals surface area contributed by atoms with Crippen LogP contribution in [0.4, 0.5) is 0 Å². The van der Waals surface area contributed by atoms with E-state index < -0.39 is 0 Å². The van der Waals surface area contributed by atoms with E-state index in [4.69, 9.17) is 5.26 Å². The van der Waals surface area contributed by atoms with Crippen LogP contribution in [0.15, 0.2) is 30.5 Å². The molecule has 0 aliphatic rings. The van der Waals surface area contributed by atoms with Crippen LogP contribution in [0.2, 0.25) is 0 Å². The lowest BCUT2D eigenvalue weighted by Gasteiger charge is -2.08. The molecule has 0 atom stereocenters. The topological polar surface area (TPSA) is 40.8 Å². The number of nitriles is 1. The van der Waals surface area contributed by atoms with Gasteiger partial charge in [0.15, 0.2) is 0 Å². The Kier molecular flexibility index (Phi) is 4.59. The SMILES string of the molecule is CC(C)CNCCCn1ccc2cc(C#N)ccc21. The molecule has 0 saturated carbocycles. The molecule has 0 fully saturated rings. The Morgan fingerprint density at radius 3 is 2.89 bits per heavy atom. The van der Waals surface area contributed by atoms with Crippen molar-refractivity contribution in [2.45, 2.75) is 26.8 Å². The summed E-state index contributed by atoms with van der Waals surface area (Å²) in [4.78, 5) is 0. The van der Waals surface area contributed by atoms with E-state index in [1.54, 1.807) is 0 Å². The molecule has 0 saturated heterocycles. The Bertz CT molecular complexity index is 575. The quantitative estimate of drug-likeness (QED) is 0.806. The molecule has 0 unspecified atom stereocenters. The summed E-state index contributed by atoms with van der Waals surface area (Å²) in [6.07, 6.45) is 3.23. The van der Waals surface area contributed by atoms with Gasteiger partial charge in [0.1, 0.15) is 0 Å². The van der Waals surface area contributed by atoms with Crippen LogP contribution in [-0.4, -0.2) is 17.7 Å². The molecule has 1 N–H and O–H groups in total. The van der Waals surface area contributed by atoms with Crippen molar-refractivity contribution < 1.29 is 0 Å². The van der Waals surface area contributed by atoms with Gasteiger partial charge in [-0.25, -0.2) is 0 Å². The van der Waals surface area contributed by atoms with E-state index in [0.29, 0.717) is 5.92 Å².